The molecule has 1 N–H and O–H groups in total. The summed E-state index contributed by atoms with van der Waals surface area (Å²) >= 11 is 0. The largest absolute Gasteiger partial charge is 0.509 e. The number of methoxy groups -OCH3 is 1. The number of carbonyl (C=O) groups is 2. The maximum atomic E-state index is 13.1. The number of hydrogen-bond donors (Lipinski definition) is 1. The second-order valence-corrected chi connectivity index (χ2v) is 10.7. The second-order valence-electron chi connectivity index (χ2n) is 10.7. The topological polar surface area (TPSA) is 123 Å². The molecule has 42 heavy (non-hydrogen) atoms. The Balaban J connectivity index is 1.24. The van der Waals surface area contributed by atoms with Gasteiger partial charge in [0, 0.05) is 23.6 Å². The van der Waals surface area contributed by atoms with E-state index < -0.39 is 47.9 Å². The van der Waals surface area contributed by atoms with Gasteiger partial charge in [-0.2, -0.15) is 0 Å². The molecule has 4 atom stereocenters. The lowest BCUT2D eigenvalue weighted by Gasteiger charge is -2.45. The Kier molecular flexibility index (Phi) is 6.96. The Morgan fingerprint density at radius 2 is 1.64 bits per heavy atom. The Bertz CT molecular complexity index is 1730. The SMILES string of the molecule is CO[C@@H]1[C@@H]2OC(=O)O[C@@H]2[C@H](Oc2ccc3cc(NC(=O)c4cccc(-c5ccccc5)c4)c(=O)oc3c2C)OC1(C)C. The summed E-state index contributed by atoms with van der Waals surface area (Å²) in [6.07, 6.45) is -4.00. The zero-order valence-electron chi connectivity index (χ0n) is 23.4. The van der Waals surface area contributed by atoms with Gasteiger partial charge in [0.05, 0.1) is 5.60 Å². The van der Waals surface area contributed by atoms with E-state index >= 15 is 0 Å². The first-order valence-corrected chi connectivity index (χ1v) is 13.4. The third-order valence-electron chi connectivity index (χ3n) is 7.54. The monoisotopic (exact) mass is 571 g/mol. The molecule has 2 fully saturated rings. The van der Waals surface area contributed by atoms with Crippen LogP contribution in [0.4, 0.5) is 10.5 Å². The fourth-order valence-electron chi connectivity index (χ4n) is 5.48. The van der Waals surface area contributed by atoms with Crippen molar-refractivity contribution < 1.29 is 37.7 Å². The van der Waals surface area contributed by atoms with Crippen LogP contribution in [0.1, 0.15) is 29.8 Å². The summed E-state index contributed by atoms with van der Waals surface area (Å²) in [4.78, 5) is 38.0. The number of rotatable bonds is 6. The third kappa shape index (κ3) is 4.99. The Morgan fingerprint density at radius 3 is 2.40 bits per heavy atom. The predicted octanol–water partition coefficient (Wildman–Crippen LogP) is 5.45. The molecule has 3 heterocycles. The maximum Gasteiger partial charge on any atom is 0.509 e. The third-order valence-corrected chi connectivity index (χ3v) is 7.54. The van der Waals surface area contributed by atoms with Crippen molar-refractivity contribution in [3.63, 3.8) is 0 Å². The van der Waals surface area contributed by atoms with Crippen molar-refractivity contribution in [1.82, 2.24) is 0 Å². The fraction of sp³-hybridized carbons (Fsp3) is 0.281. The molecular formula is C32H29NO9. The average molecular weight is 572 g/mol. The van der Waals surface area contributed by atoms with Gasteiger partial charge >= 0.3 is 11.8 Å². The normalized spacial score (nSPS) is 22.6. The molecule has 3 aromatic carbocycles. The molecule has 216 valence electrons. The van der Waals surface area contributed by atoms with Crippen LogP contribution in [-0.2, 0) is 18.9 Å². The lowest BCUT2D eigenvalue weighted by atomic mass is 9.89. The number of hydrogen-bond acceptors (Lipinski definition) is 9. The number of carbonyl (C=O) groups excluding carboxylic acids is 2. The molecule has 2 saturated heterocycles. The number of benzene rings is 3. The van der Waals surface area contributed by atoms with E-state index in [-0.39, 0.29) is 11.3 Å². The highest BCUT2D eigenvalue weighted by Crippen LogP contribution is 2.39. The highest BCUT2D eigenvalue weighted by molar-refractivity contribution is 6.05. The highest BCUT2D eigenvalue weighted by Gasteiger charge is 2.59. The van der Waals surface area contributed by atoms with Gasteiger partial charge in [0.25, 0.3) is 5.91 Å². The zero-order chi connectivity index (χ0) is 29.6. The van der Waals surface area contributed by atoms with Crippen LogP contribution in [0.25, 0.3) is 22.1 Å². The van der Waals surface area contributed by atoms with E-state index in [9.17, 15) is 14.4 Å². The minimum Gasteiger partial charge on any atom is -0.460 e. The predicted molar refractivity (Wildman–Crippen MR) is 153 cm³/mol. The van der Waals surface area contributed by atoms with E-state index in [0.717, 1.165) is 11.1 Å². The lowest BCUT2D eigenvalue weighted by molar-refractivity contribution is -0.282. The maximum absolute atomic E-state index is 13.1. The number of aryl methyl sites for hydroxylation is 1. The minimum atomic E-state index is -1.00. The average Bonchev–Trinajstić information content (AvgIpc) is 3.36. The van der Waals surface area contributed by atoms with Crippen LogP contribution in [0.2, 0.25) is 0 Å². The lowest BCUT2D eigenvalue weighted by Crippen LogP contribution is -2.62. The van der Waals surface area contributed by atoms with Crippen LogP contribution in [0.5, 0.6) is 5.75 Å². The number of amides is 1. The van der Waals surface area contributed by atoms with Gasteiger partial charge in [0.2, 0.25) is 12.4 Å². The van der Waals surface area contributed by atoms with Crippen molar-refractivity contribution in [3.8, 4) is 16.9 Å². The molecule has 1 amide bonds. The fourth-order valence-corrected chi connectivity index (χ4v) is 5.48. The molecule has 6 rings (SSSR count). The molecule has 0 radical (unpaired) electrons. The summed E-state index contributed by atoms with van der Waals surface area (Å²) in [7, 11) is 1.51. The van der Waals surface area contributed by atoms with E-state index in [2.05, 4.69) is 5.32 Å². The number of nitrogens with one attached hydrogen (secondary N) is 1. The molecule has 10 heteroatoms. The van der Waals surface area contributed by atoms with Gasteiger partial charge in [0.15, 0.2) is 6.10 Å². The Hall–Kier alpha value is -4.67. The van der Waals surface area contributed by atoms with Crippen molar-refractivity contribution in [3.05, 3.63) is 94.3 Å². The van der Waals surface area contributed by atoms with Crippen LogP contribution in [-0.4, -0.2) is 49.4 Å². The summed E-state index contributed by atoms with van der Waals surface area (Å²) in [5, 5.41) is 3.25. The van der Waals surface area contributed by atoms with E-state index in [1.165, 1.54) is 7.11 Å². The summed E-state index contributed by atoms with van der Waals surface area (Å²) in [6, 6.07) is 21.8. The molecule has 1 aromatic heterocycles. The summed E-state index contributed by atoms with van der Waals surface area (Å²) in [6.45, 7) is 5.34. The van der Waals surface area contributed by atoms with Crippen molar-refractivity contribution in [2.24, 2.45) is 0 Å². The first-order valence-electron chi connectivity index (χ1n) is 13.4. The van der Waals surface area contributed by atoms with Crippen molar-refractivity contribution in [2.45, 2.75) is 51.0 Å². The van der Waals surface area contributed by atoms with Gasteiger partial charge in [-0.05, 0) is 62.2 Å². The Labute approximate surface area is 241 Å². The molecule has 10 nitrogen and oxygen atoms in total. The van der Waals surface area contributed by atoms with E-state index in [1.54, 1.807) is 57.2 Å². The molecule has 0 saturated carbocycles. The molecular weight excluding hydrogens is 542 g/mol. The van der Waals surface area contributed by atoms with E-state index in [1.807, 2.05) is 36.4 Å². The molecule has 0 spiro atoms. The van der Waals surface area contributed by atoms with Gasteiger partial charge in [-0.1, -0.05) is 42.5 Å². The van der Waals surface area contributed by atoms with Crippen molar-refractivity contribution in [1.29, 1.82) is 0 Å². The summed E-state index contributed by atoms with van der Waals surface area (Å²) < 4.78 is 34.2. The quantitative estimate of drug-likeness (QED) is 0.238. The smallest absolute Gasteiger partial charge is 0.460 e. The van der Waals surface area contributed by atoms with Crippen LogP contribution < -0.4 is 15.7 Å². The van der Waals surface area contributed by atoms with Crippen LogP contribution in [0.3, 0.4) is 0 Å². The number of fused-ring (bicyclic) bond motifs is 2. The van der Waals surface area contributed by atoms with Gasteiger partial charge in [0.1, 0.15) is 23.1 Å². The molecule has 0 aliphatic carbocycles. The van der Waals surface area contributed by atoms with Gasteiger partial charge in [-0.25, -0.2) is 9.59 Å². The number of ether oxygens (including phenoxy) is 5. The number of anilines is 1. The first kappa shape index (κ1) is 27.5. The Morgan fingerprint density at radius 1 is 0.905 bits per heavy atom. The van der Waals surface area contributed by atoms with Crippen LogP contribution in [0.15, 0.2) is 82.0 Å². The summed E-state index contributed by atoms with van der Waals surface area (Å²) in [5.74, 6) is -0.0797. The molecule has 2 aliphatic heterocycles. The minimum absolute atomic E-state index is 0.00603. The molecule has 2 aliphatic rings. The first-order chi connectivity index (χ1) is 20.1. The molecule has 4 aromatic rings. The molecule has 0 bridgehead atoms. The van der Waals surface area contributed by atoms with E-state index in [0.29, 0.717) is 22.3 Å². The van der Waals surface area contributed by atoms with Gasteiger partial charge < -0.3 is 33.4 Å². The standard InChI is InChI=1S/C32H29NO9/c1-17-23(38-30-26-25(40-31(36)41-26)27(37-4)32(2,3)42-30)14-13-20-16-22(29(35)39-24(17)20)33-28(34)21-12-8-11-19(15-21)18-9-6-5-7-10-18/h5-16,25-27,30H,1-4H3,(H,33,34)/t25-,26+,27-,30-/m1/s1. The zero-order valence-corrected chi connectivity index (χ0v) is 23.4. The van der Waals surface area contributed by atoms with Crippen LogP contribution in [0, 0.1) is 6.92 Å². The van der Waals surface area contributed by atoms with E-state index in [4.69, 9.17) is 28.1 Å². The highest BCUT2D eigenvalue weighted by atomic mass is 16.8. The second kappa shape index (κ2) is 10.6. The van der Waals surface area contributed by atoms with Crippen molar-refractivity contribution >= 4 is 28.7 Å². The molecule has 0 unspecified atom stereocenters. The van der Waals surface area contributed by atoms with Crippen LogP contribution >= 0.6 is 0 Å². The van der Waals surface area contributed by atoms with Gasteiger partial charge in [-0.15, -0.1) is 0 Å². The summed E-state index contributed by atoms with van der Waals surface area (Å²) in [5.41, 5.74) is 1.48. The van der Waals surface area contributed by atoms with Gasteiger partial charge in [-0.3, -0.25) is 4.79 Å². The van der Waals surface area contributed by atoms with Crippen molar-refractivity contribution in [2.75, 3.05) is 12.4 Å².